The first-order valence-electron chi connectivity index (χ1n) is 5.25. The zero-order valence-electron chi connectivity index (χ0n) is 9.50. The number of halogens is 4. The predicted molar refractivity (Wildman–Crippen MR) is 69.8 cm³/mol. The molecule has 0 amide bonds. The fourth-order valence-electron chi connectivity index (χ4n) is 1.46. The molecule has 1 heterocycles. The smallest absolute Gasteiger partial charge is 0.404 e. The Morgan fingerprint density at radius 2 is 2.00 bits per heavy atom. The second-order valence-corrected chi connectivity index (χ2v) is 5.06. The van der Waals surface area contributed by atoms with E-state index in [1.165, 1.54) is 29.5 Å². The molecule has 0 aliphatic heterocycles. The first kappa shape index (κ1) is 14.0. The topological polar surface area (TPSA) is 21.3 Å². The van der Waals surface area contributed by atoms with Crippen molar-refractivity contribution in [3.63, 3.8) is 0 Å². The number of hydrogen-bond acceptors (Lipinski definition) is 3. The molecule has 0 aliphatic rings. The molecule has 2 nitrogen and oxygen atoms in total. The number of para-hydroxylation sites is 2. The normalized spacial score (nSPS) is 11.4. The Labute approximate surface area is 116 Å². The van der Waals surface area contributed by atoms with Gasteiger partial charge in [0, 0.05) is 16.8 Å². The van der Waals surface area contributed by atoms with E-state index >= 15 is 0 Å². The molecule has 0 spiro atoms. The standard InChI is InChI=1S/C12H9ClF3NOS/c13-8-5-9(19-7-8)6-17-10-3-1-2-4-11(10)18-12(14,15)16/h1-5,7,17H,6H2. The maximum absolute atomic E-state index is 12.2. The number of anilines is 1. The van der Waals surface area contributed by atoms with Crippen molar-refractivity contribution in [1.82, 2.24) is 0 Å². The van der Waals surface area contributed by atoms with Gasteiger partial charge in [0.25, 0.3) is 0 Å². The molecule has 0 radical (unpaired) electrons. The van der Waals surface area contributed by atoms with E-state index < -0.39 is 6.36 Å². The zero-order chi connectivity index (χ0) is 13.9. The molecular weight excluding hydrogens is 299 g/mol. The molecule has 102 valence electrons. The molecule has 1 N–H and O–H groups in total. The number of rotatable bonds is 4. The Bertz CT molecular complexity index is 556. The van der Waals surface area contributed by atoms with Crippen molar-refractivity contribution in [2.75, 3.05) is 5.32 Å². The summed E-state index contributed by atoms with van der Waals surface area (Å²) in [5, 5.41) is 5.27. The lowest BCUT2D eigenvalue weighted by molar-refractivity contribution is -0.274. The number of hydrogen-bond donors (Lipinski definition) is 1. The molecule has 2 rings (SSSR count). The fraction of sp³-hybridized carbons (Fsp3) is 0.167. The largest absolute Gasteiger partial charge is 0.573 e. The zero-order valence-corrected chi connectivity index (χ0v) is 11.1. The van der Waals surface area contributed by atoms with Gasteiger partial charge in [0.2, 0.25) is 0 Å². The number of benzene rings is 1. The van der Waals surface area contributed by atoms with E-state index in [2.05, 4.69) is 10.1 Å². The summed E-state index contributed by atoms with van der Waals surface area (Å²) in [4.78, 5) is 0.923. The Morgan fingerprint density at radius 3 is 2.63 bits per heavy atom. The van der Waals surface area contributed by atoms with Gasteiger partial charge in [-0.05, 0) is 18.2 Å². The summed E-state index contributed by atoms with van der Waals surface area (Å²) in [6.45, 7) is 0.385. The average Bonchev–Trinajstić information content (AvgIpc) is 2.72. The van der Waals surface area contributed by atoms with Gasteiger partial charge >= 0.3 is 6.36 Å². The van der Waals surface area contributed by atoms with Crippen molar-refractivity contribution in [3.05, 3.63) is 45.6 Å². The molecule has 0 saturated heterocycles. The second-order valence-electron chi connectivity index (χ2n) is 3.63. The monoisotopic (exact) mass is 307 g/mol. The van der Waals surface area contributed by atoms with Crippen molar-refractivity contribution in [1.29, 1.82) is 0 Å². The highest BCUT2D eigenvalue weighted by Crippen LogP contribution is 2.30. The van der Waals surface area contributed by atoms with Crippen molar-refractivity contribution in [2.45, 2.75) is 12.9 Å². The first-order valence-corrected chi connectivity index (χ1v) is 6.51. The van der Waals surface area contributed by atoms with Gasteiger partial charge in [-0.2, -0.15) is 0 Å². The molecule has 19 heavy (non-hydrogen) atoms. The maximum Gasteiger partial charge on any atom is 0.573 e. The van der Waals surface area contributed by atoms with Crippen molar-refractivity contribution in [3.8, 4) is 5.75 Å². The highest BCUT2D eigenvalue weighted by Gasteiger charge is 2.32. The number of alkyl halides is 3. The maximum atomic E-state index is 12.2. The van der Waals surface area contributed by atoms with E-state index in [4.69, 9.17) is 11.6 Å². The summed E-state index contributed by atoms with van der Waals surface area (Å²) in [5.74, 6) is -0.252. The molecule has 0 atom stereocenters. The van der Waals surface area contributed by atoms with E-state index in [-0.39, 0.29) is 11.4 Å². The lowest BCUT2D eigenvalue weighted by Gasteiger charge is -2.14. The number of ether oxygens (including phenoxy) is 1. The lowest BCUT2D eigenvalue weighted by Crippen LogP contribution is -2.18. The van der Waals surface area contributed by atoms with Crippen LogP contribution in [0.15, 0.2) is 35.7 Å². The van der Waals surface area contributed by atoms with Gasteiger partial charge in [0.05, 0.1) is 10.7 Å². The van der Waals surface area contributed by atoms with Crippen molar-refractivity contribution < 1.29 is 17.9 Å². The molecule has 0 saturated carbocycles. The molecule has 0 bridgehead atoms. The van der Waals surface area contributed by atoms with E-state index in [1.807, 2.05) is 0 Å². The van der Waals surface area contributed by atoms with Crippen LogP contribution in [0, 0.1) is 0 Å². The van der Waals surface area contributed by atoms with E-state index in [0.29, 0.717) is 11.6 Å². The summed E-state index contributed by atoms with van der Waals surface area (Å²) < 4.78 is 40.6. The minimum atomic E-state index is -4.70. The van der Waals surface area contributed by atoms with E-state index in [1.54, 1.807) is 17.5 Å². The second kappa shape index (κ2) is 5.71. The summed E-state index contributed by atoms with van der Waals surface area (Å²) >= 11 is 7.20. The molecule has 0 aliphatic carbocycles. The molecule has 2 aromatic rings. The van der Waals surface area contributed by atoms with Crippen LogP contribution in [0.25, 0.3) is 0 Å². The summed E-state index contributed by atoms with van der Waals surface area (Å²) in [5.41, 5.74) is 0.282. The summed E-state index contributed by atoms with van der Waals surface area (Å²) in [7, 11) is 0. The highest BCUT2D eigenvalue weighted by atomic mass is 35.5. The molecule has 1 aromatic carbocycles. The molecule has 1 aromatic heterocycles. The lowest BCUT2D eigenvalue weighted by atomic mass is 10.3. The highest BCUT2D eigenvalue weighted by molar-refractivity contribution is 7.10. The van der Waals surface area contributed by atoms with Crippen molar-refractivity contribution in [2.24, 2.45) is 0 Å². The minimum Gasteiger partial charge on any atom is -0.404 e. The Hall–Kier alpha value is -1.40. The third kappa shape index (κ3) is 4.33. The SMILES string of the molecule is FC(F)(F)Oc1ccccc1NCc1cc(Cl)cs1. The van der Waals surface area contributed by atoms with Gasteiger partial charge in [-0.15, -0.1) is 24.5 Å². The molecule has 0 fully saturated rings. The minimum absolute atomic E-state index is 0.252. The van der Waals surface area contributed by atoms with Gasteiger partial charge in [0.1, 0.15) is 0 Å². The van der Waals surface area contributed by atoms with Crippen LogP contribution >= 0.6 is 22.9 Å². The van der Waals surface area contributed by atoms with Crippen LogP contribution in [0.4, 0.5) is 18.9 Å². The van der Waals surface area contributed by atoms with Crippen LogP contribution in [0.1, 0.15) is 4.88 Å². The molecule has 7 heteroatoms. The average molecular weight is 308 g/mol. The van der Waals surface area contributed by atoms with Crippen LogP contribution in [-0.4, -0.2) is 6.36 Å². The van der Waals surface area contributed by atoms with Crippen LogP contribution in [-0.2, 0) is 6.54 Å². The van der Waals surface area contributed by atoms with Gasteiger partial charge in [-0.1, -0.05) is 23.7 Å². The van der Waals surface area contributed by atoms with E-state index in [9.17, 15) is 13.2 Å². The van der Waals surface area contributed by atoms with E-state index in [0.717, 1.165) is 4.88 Å². The Morgan fingerprint density at radius 1 is 1.26 bits per heavy atom. The third-order valence-electron chi connectivity index (χ3n) is 2.19. The number of nitrogens with one attached hydrogen (secondary N) is 1. The van der Waals surface area contributed by atoms with Gasteiger partial charge < -0.3 is 10.1 Å². The number of thiophene rings is 1. The fourth-order valence-corrected chi connectivity index (χ4v) is 2.47. The van der Waals surface area contributed by atoms with Crippen LogP contribution in [0.2, 0.25) is 5.02 Å². The van der Waals surface area contributed by atoms with Crippen LogP contribution < -0.4 is 10.1 Å². The first-order chi connectivity index (χ1) is 8.94. The third-order valence-corrected chi connectivity index (χ3v) is 3.47. The molecular formula is C12H9ClF3NOS. The van der Waals surface area contributed by atoms with Gasteiger partial charge in [-0.3, -0.25) is 0 Å². The quantitative estimate of drug-likeness (QED) is 0.866. The molecule has 0 unspecified atom stereocenters. The Kier molecular flexibility index (Phi) is 4.21. The van der Waals surface area contributed by atoms with Crippen LogP contribution in [0.3, 0.4) is 0 Å². The predicted octanol–water partition coefficient (Wildman–Crippen LogP) is 4.91. The van der Waals surface area contributed by atoms with Crippen molar-refractivity contribution >= 4 is 28.6 Å². The van der Waals surface area contributed by atoms with Gasteiger partial charge in [-0.25, -0.2) is 0 Å². The van der Waals surface area contributed by atoms with Crippen LogP contribution in [0.5, 0.6) is 5.75 Å². The van der Waals surface area contributed by atoms with Gasteiger partial charge in [0.15, 0.2) is 5.75 Å². The Balaban J connectivity index is 2.07. The summed E-state index contributed by atoms with van der Waals surface area (Å²) in [6.07, 6.45) is -4.70. The summed E-state index contributed by atoms with van der Waals surface area (Å²) in [6, 6.07) is 7.65.